The van der Waals surface area contributed by atoms with Crippen LogP contribution in [0.25, 0.3) is 11.2 Å². The number of hydrogen-bond acceptors (Lipinski definition) is 6. The van der Waals surface area contributed by atoms with Crippen molar-refractivity contribution in [2.24, 2.45) is 5.73 Å². The number of H-pyrrole nitrogens is 1. The maximum atomic E-state index is 10.9. The monoisotopic (exact) mass is 267 g/mol. The summed E-state index contributed by atoms with van der Waals surface area (Å²) in [5.41, 5.74) is 5.79. The lowest BCUT2D eigenvalue weighted by Gasteiger charge is -2.18. The van der Waals surface area contributed by atoms with Gasteiger partial charge in [0.15, 0.2) is 5.65 Å². The van der Waals surface area contributed by atoms with Gasteiger partial charge in [0.2, 0.25) is 0 Å². The highest BCUT2D eigenvalue weighted by atomic mass is 32.2. The number of carbonyl (C=O) groups is 1. The summed E-state index contributed by atoms with van der Waals surface area (Å²) in [6.45, 7) is 1.50. The quantitative estimate of drug-likeness (QED) is 0.537. The highest BCUT2D eigenvalue weighted by Crippen LogP contribution is 2.24. The Morgan fingerprint density at radius 3 is 3.06 bits per heavy atom. The molecule has 8 heteroatoms. The van der Waals surface area contributed by atoms with Gasteiger partial charge < -0.3 is 15.8 Å². The van der Waals surface area contributed by atoms with E-state index >= 15 is 0 Å². The van der Waals surface area contributed by atoms with Gasteiger partial charge in [0.25, 0.3) is 0 Å². The van der Waals surface area contributed by atoms with E-state index in [1.807, 2.05) is 0 Å². The number of nitrogens with two attached hydrogens (primary N) is 1. The Morgan fingerprint density at radius 2 is 2.33 bits per heavy atom. The second-order valence-electron chi connectivity index (χ2n) is 4.10. The lowest BCUT2D eigenvalue weighted by molar-refractivity contribution is -0.142. The Hall–Kier alpha value is -1.67. The van der Waals surface area contributed by atoms with Gasteiger partial charge >= 0.3 is 5.97 Å². The largest absolute Gasteiger partial charge is 0.480 e. The van der Waals surface area contributed by atoms with Crippen molar-refractivity contribution in [2.75, 3.05) is 5.75 Å². The molecule has 2 rings (SSSR count). The van der Waals surface area contributed by atoms with Gasteiger partial charge in [-0.3, -0.25) is 4.79 Å². The maximum absolute atomic E-state index is 10.9. The van der Waals surface area contributed by atoms with Crippen molar-refractivity contribution in [1.82, 2.24) is 19.9 Å². The molecule has 2 aromatic rings. The fourth-order valence-corrected chi connectivity index (χ4v) is 2.45. The molecule has 2 heterocycles. The zero-order valence-electron chi connectivity index (χ0n) is 9.75. The van der Waals surface area contributed by atoms with Crippen LogP contribution < -0.4 is 5.73 Å². The lowest BCUT2D eigenvalue weighted by atomic mass is 10.0. The number of aromatic nitrogens is 4. The second-order valence-corrected chi connectivity index (χ2v) is 5.18. The molecule has 0 aromatic carbocycles. The molecule has 1 atom stereocenters. The van der Waals surface area contributed by atoms with Gasteiger partial charge in [-0.2, -0.15) is 0 Å². The molecule has 0 bridgehead atoms. The van der Waals surface area contributed by atoms with Crippen molar-refractivity contribution in [3.05, 3.63) is 12.7 Å². The zero-order chi connectivity index (χ0) is 13.2. The number of aliphatic carboxylic acids is 1. The van der Waals surface area contributed by atoms with Crippen LogP contribution >= 0.6 is 11.8 Å². The molecule has 96 valence electrons. The molecule has 0 radical (unpaired) electrons. The number of imidazole rings is 1. The van der Waals surface area contributed by atoms with E-state index in [2.05, 4.69) is 19.9 Å². The van der Waals surface area contributed by atoms with E-state index in [9.17, 15) is 4.79 Å². The molecule has 0 spiro atoms. The summed E-state index contributed by atoms with van der Waals surface area (Å²) >= 11 is 1.43. The first-order valence-electron chi connectivity index (χ1n) is 5.30. The molecule has 0 amide bonds. The molecule has 0 saturated heterocycles. The van der Waals surface area contributed by atoms with Crippen molar-refractivity contribution in [2.45, 2.75) is 23.9 Å². The number of nitrogens with one attached hydrogen (secondary N) is 1. The van der Waals surface area contributed by atoms with Crippen LogP contribution in [0, 0.1) is 0 Å². The van der Waals surface area contributed by atoms with Gasteiger partial charge in [-0.1, -0.05) is 0 Å². The first-order valence-corrected chi connectivity index (χ1v) is 6.28. The highest BCUT2D eigenvalue weighted by molar-refractivity contribution is 7.99. The summed E-state index contributed by atoms with van der Waals surface area (Å²) in [6.07, 6.45) is 3.34. The third-order valence-corrected chi connectivity index (χ3v) is 3.53. The molecule has 0 fully saturated rings. The Morgan fingerprint density at radius 1 is 1.56 bits per heavy atom. The Bertz CT molecular complexity index is 568. The molecule has 0 saturated carbocycles. The number of aromatic amines is 1. The second kappa shape index (κ2) is 4.91. The predicted octanol–water partition coefficient (Wildman–Crippen LogP) is 0.637. The van der Waals surface area contributed by atoms with Crippen molar-refractivity contribution < 1.29 is 9.90 Å². The van der Waals surface area contributed by atoms with E-state index in [0.29, 0.717) is 17.8 Å². The van der Waals surface area contributed by atoms with Crippen LogP contribution in [0.3, 0.4) is 0 Å². The van der Waals surface area contributed by atoms with E-state index < -0.39 is 11.5 Å². The van der Waals surface area contributed by atoms with Gasteiger partial charge in [0.05, 0.1) is 6.33 Å². The highest BCUT2D eigenvalue weighted by Gasteiger charge is 2.27. The molecule has 2 aromatic heterocycles. The maximum Gasteiger partial charge on any atom is 0.323 e. The molecule has 7 nitrogen and oxygen atoms in total. The third kappa shape index (κ3) is 2.59. The van der Waals surface area contributed by atoms with Gasteiger partial charge in [0, 0.05) is 5.75 Å². The SMILES string of the molecule is CC(N)(CCSc1ncnc2nc[nH]c12)C(=O)O. The first kappa shape index (κ1) is 12.8. The Balaban J connectivity index is 2.03. The minimum absolute atomic E-state index is 0.354. The van der Waals surface area contributed by atoms with Crippen molar-refractivity contribution >= 4 is 28.9 Å². The smallest absolute Gasteiger partial charge is 0.323 e. The molecular weight excluding hydrogens is 254 g/mol. The van der Waals surface area contributed by atoms with Crippen LogP contribution in [-0.4, -0.2) is 42.3 Å². The Labute approximate surface area is 107 Å². The molecule has 0 aliphatic rings. The summed E-state index contributed by atoms with van der Waals surface area (Å²) in [4.78, 5) is 26.0. The van der Waals surface area contributed by atoms with Crippen LogP contribution in [0.1, 0.15) is 13.3 Å². The summed E-state index contributed by atoms with van der Waals surface area (Å²) in [7, 11) is 0. The van der Waals surface area contributed by atoms with E-state index in [-0.39, 0.29) is 0 Å². The van der Waals surface area contributed by atoms with E-state index in [4.69, 9.17) is 10.8 Å². The van der Waals surface area contributed by atoms with Crippen LogP contribution in [0.5, 0.6) is 0 Å². The average Bonchev–Trinajstić information content (AvgIpc) is 2.77. The molecule has 18 heavy (non-hydrogen) atoms. The van der Waals surface area contributed by atoms with Gasteiger partial charge in [-0.15, -0.1) is 11.8 Å². The number of nitrogens with zero attached hydrogens (tertiary/aromatic N) is 3. The fourth-order valence-electron chi connectivity index (χ4n) is 1.32. The standard InChI is InChI=1S/C10H13N5O2S/c1-10(11,9(16)17)2-3-18-8-6-7(13-4-12-6)14-5-15-8/h4-5H,2-3,11H2,1H3,(H,16,17)(H,12,13,14,15). The summed E-state index contributed by atoms with van der Waals surface area (Å²) in [5.74, 6) is -0.442. The van der Waals surface area contributed by atoms with Crippen LogP contribution in [0.2, 0.25) is 0 Å². The van der Waals surface area contributed by atoms with Crippen molar-refractivity contribution in [3.63, 3.8) is 0 Å². The normalized spacial score (nSPS) is 14.6. The fraction of sp³-hybridized carbons (Fsp3) is 0.400. The van der Waals surface area contributed by atoms with Crippen molar-refractivity contribution in [1.29, 1.82) is 0 Å². The molecular formula is C10H13N5O2S. The summed E-state index contributed by atoms with van der Waals surface area (Å²) in [6, 6.07) is 0. The third-order valence-electron chi connectivity index (χ3n) is 2.54. The number of rotatable bonds is 5. The van der Waals surface area contributed by atoms with E-state index in [1.54, 1.807) is 6.33 Å². The van der Waals surface area contributed by atoms with Gasteiger partial charge in [-0.05, 0) is 13.3 Å². The average molecular weight is 267 g/mol. The minimum atomic E-state index is -1.22. The topological polar surface area (TPSA) is 118 Å². The number of thioether (sulfide) groups is 1. The summed E-state index contributed by atoms with van der Waals surface area (Å²) < 4.78 is 0. The first-order chi connectivity index (χ1) is 8.50. The van der Waals surface area contributed by atoms with Crippen LogP contribution in [-0.2, 0) is 4.79 Å². The Kier molecular flexibility index (Phi) is 3.48. The molecule has 4 N–H and O–H groups in total. The number of fused-ring (bicyclic) bond motifs is 1. The summed E-state index contributed by atoms with van der Waals surface area (Å²) in [5, 5.41) is 9.65. The zero-order valence-corrected chi connectivity index (χ0v) is 10.6. The predicted molar refractivity (Wildman–Crippen MR) is 67.3 cm³/mol. The van der Waals surface area contributed by atoms with Gasteiger partial charge in [0.1, 0.15) is 22.4 Å². The van der Waals surface area contributed by atoms with E-state index in [0.717, 1.165) is 10.5 Å². The van der Waals surface area contributed by atoms with Crippen LogP contribution in [0.4, 0.5) is 0 Å². The number of hydrogen-bond donors (Lipinski definition) is 3. The van der Waals surface area contributed by atoms with E-state index in [1.165, 1.54) is 25.0 Å². The molecule has 1 unspecified atom stereocenters. The molecule has 0 aliphatic carbocycles. The van der Waals surface area contributed by atoms with Crippen molar-refractivity contribution in [3.8, 4) is 0 Å². The number of carboxylic acid groups (broad SMARTS) is 1. The number of carboxylic acids is 1. The molecule has 0 aliphatic heterocycles. The van der Waals surface area contributed by atoms with Crippen LogP contribution in [0.15, 0.2) is 17.7 Å². The minimum Gasteiger partial charge on any atom is -0.480 e. The van der Waals surface area contributed by atoms with Gasteiger partial charge in [-0.25, -0.2) is 15.0 Å². The lowest BCUT2D eigenvalue weighted by Crippen LogP contribution is -2.45.